The standard InChI is InChI=1S/C18H25NO3/c20-10-4-7-16(14-5-2-1-3-6-14)19-17(21)15-13-18(15)8-11-22-12-9-18/h1-3,5-6,15-16,20H,4,7-13H2,(H,19,21). The molecule has 1 aromatic rings. The molecule has 1 amide bonds. The number of carbonyl (C=O) groups excluding carboxylic acids is 1. The van der Waals surface area contributed by atoms with Crippen LogP contribution >= 0.6 is 0 Å². The van der Waals surface area contributed by atoms with Gasteiger partial charge in [-0.2, -0.15) is 0 Å². The van der Waals surface area contributed by atoms with Gasteiger partial charge in [0, 0.05) is 25.7 Å². The molecule has 2 N–H and O–H groups in total. The number of benzene rings is 1. The maximum Gasteiger partial charge on any atom is 0.224 e. The molecule has 1 spiro atoms. The van der Waals surface area contributed by atoms with Gasteiger partial charge in [-0.1, -0.05) is 30.3 Å². The van der Waals surface area contributed by atoms with Gasteiger partial charge < -0.3 is 15.2 Å². The Balaban J connectivity index is 1.62. The molecule has 2 aliphatic rings. The highest BCUT2D eigenvalue weighted by atomic mass is 16.5. The van der Waals surface area contributed by atoms with Crippen molar-refractivity contribution in [3.63, 3.8) is 0 Å². The van der Waals surface area contributed by atoms with E-state index in [4.69, 9.17) is 9.84 Å². The number of ether oxygens (including phenoxy) is 1. The number of hydrogen-bond acceptors (Lipinski definition) is 3. The first-order chi connectivity index (χ1) is 10.7. The van der Waals surface area contributed by atoms with E-state index in [-0.39, 0.29) is 29.9 Å². The first-order valence-electron chi connectivity index (χ1n) is 8.29. The molecule has 120 valence electrons. The van der Waals surface area contributed by atoms with Crippen LogP contribution in [-0.4, -0.2) is 30.8 Å². The molecule has 2 unspecified atom stereocenters. The Bertz CT molecular complexity index is 496. The summed E-state index contributed by atoms with van der Waals surface area (Å²) in [7, 11) is 0. The first-order valence-corrected chi connectivity index (χ1v) is 8.29. The summed E-state index contributed by atoms with van der Waals surface area (Å²) in [4.78, 5) is 12.6. The van der Waals surface area contributed by atoms with Crippen LogP contribution in [0.5, 0.6) is 0 Å². The smallest absolute Gasteiger partial charge is 0.224 e. The minimum absolute atomic E-state index is 0.00154. The average Bonchev–Trinajstić information content (AvgIpc) is 3.26. The summed E-state index contributed by atoms with van der Waals surface area (Å²) in [6.45, 7) is 1.73. The maximum atomic E-state index is 12.6. The summed E-state index contributed by atoms with van der Waals surface area (Å²) in [5.74, 6) is 0.324. The van der Waals surface area contributed by atoms with E-state index < -0.39 is 0 Å². The van der Waals surface area contributed by atoms with Crippen molar-refractivity contribution in [1.29, 1.82) is 0 Å². The number of rotatable bonds is 6. The highest BCUT2D eigenvalue weighted by molar-refractivity contribution is 5.83. The molecule has 22 heavy (non-hydrogen) atoms. The van der Waals surface area contributed by atoms with Crippen LogP contribution in [0.1, 0.15) is 43.7 Å². The third-order valence-electron chi connectivity index (χ3n) is 5.16. The Morgan fingerprint density at radius 1 is 1.32 bits per heavy atom. The summed E-state index contributed by atoms with van der Waals surface area (Å²) in [6.07, 6.45) is 4.50. The van der Waals surface area contributed by atoms with E-state index in [1.807, 2.05) is 30.3 Å². The molecule has 0 aromatic heterocycles. The van der Waals surface area contributed by atoms with Gasteiger partial charge in [-0.15, -0.1) is 0 Å². The van der Waals surface area contributed by atoms with Gasteiger partial charge in [-0.25, -0.2) is 0 Å². The van der Waals surface area contributed by atoms with Gasteiger partial charge in [0.1, 0.15) is 0 Å². The van der Waals surface area contributed by atoms with E-state index >= 15 is 0 Å². The summed E-state index contributed by atoms with van der Waals surface area (Å²) in [5, 5.41) is 12.3. The number of nitrogens with one attached hydrogen (secondary N) is 1. The van der Waals surface area contributed by atoms with Crippen LogP contribution in [0.4, 0.5) is 0 Å². The Hall–Kier alpha value is -1.39. The first kappa shape index (κ1) is 15.5. The second-order valence-corrected chi connectivity index (χ2v) is 6.57. The van der Waals surface area contributed by atoms with Gasteiger partial charge in [0.2, 0.25) is 5.91 Å². The summed E-state index contributed by atoms with van der Waals surface area (Å²) in [6, 6.07) is 10.0. The normalized spacial score (nSPS) is 24.0. The van der Waals surface area contributed by atoms with Crippen LogP contribution in [0.25, 0.3) is 0 Å². The van der Waals surface area contributed by atoms with Crippen molar-refractivity contribution in [1.82, 2.24) is 5.32 Å². The third kappa shape index (κ3) is 3.33. The minimum Gasteiger partial charge on any atom is -0.396 e. The van der Waals surface area contributed by atoms with E-state index in [2.05, 4.69) is 5.32 Å². The van der Waals surface area contributed by atoms with Crippen LogP contribution < -0.4 is 5.32 Å². The van der Waals surface area contributed by atoms with Gasteiger partial charge in [0.25, 0.3) is 0 Å². The lowest BCUT2D eigenvalue weighted by Gasteiger charge is -2.24. The molecule has 1 aliphatic heterocycles. The molecule has 3 rings (SSSR count). The van der Waals surface area contributed by atoms with E-state index in [1.54, 1.807) is 0 Å². The van der Waals surface area contributed by atoms with Crippen LogP contribution in [0.3, 0.4) is 0 Å². The predicted octanol–water partition coefficient (Wildman–Crippen LogP) is 2.43. The number of hydrogen-bond donors (Lipinski definition) is 2. The van der Waals surface area contributed by atoms with Crippen LogP contribution in [0.15, 0.2) is 30.3 Å². The predicted molar refractivity (Wildman–Crippen MR) is 84.2 cm³/mol. The van der Waals surface area contributed by atoms with Crippen molar-refractivity contribution in [2.45, 2.75) is 38.1 Å². The number of carbonyl (C=O) groups is 1. The van der Waals surface area contributed by atoms with E-state index in [9.17, 15) is 4.79 Å². The monoisotopic (exact) mass is 303 g/mol. The molecule has 1 saturated heterocycles. The number of aliphatic hydroxyl groups excluding tert-OH is 1. The molecule has 1 aromatic carbocycles. The zero-order valence-corrected chi connectivity index (χ0v) is 13.0. The average molecular weight is 303 g/mol. The summed E-state index contributed by atoms with van der Waals surface area (Å²) >= 11 is 0. The summed E-state index contributed by atoms with van der Waals surface area (Å²) < 4.78 is 5.42. The van der Waals surface area contributed by atoms with Crippen molar-refractivity contribution in [3.8, 4) is 0 Å². The zero-order chi connectivity index (χ0) is 15.4. The second-order valence-electron chi connectivity index (χ2n) is 6.57. The molecule has 1 heterocycles. The van der Waals surface area contributed by atoms with Crippen molar-refractivity contribution in [3.05, 3.63) is 35.9 Å². The summed E-state index contributed by atoms with van der Waals surface area (Å²) in [5.41, 5.74) is 1.33. The Morgan fingerprint density at radius 2 is 2.05 bits per heavy atom. The molecule has 2 fully saturated rings. The zero-order valence-electron chi connectivity index (χ0n) is 13.0. The van der Waals surface area contributed by atoms with E-state index in [0.29, 0.717) is 6.42 Å². The highest BCUT2D eigenvalue weighted by Crippen LogP contribution is 2.59. The molecule has 1 aliphatic carbocycles. The lowest BCUT2D eigenvalue weighted by molar-refractivity contribution is -0.124. The highest BCUT2D eigenvalue weighted by Gasteiger charge is 2.58. The minimum atomic E-state index is -0.00154. The fraction of sp³-hybridized carbons (Fsp3) is 0.611. The van der Waals surface area contributed by atoms with Gasteiger partial charge in [0.15, 0.2) is 0 Å². The lowest BCUT2D eigenvalue weighted by Crippen LogP contribution is -2.33. The fourth-order valence-corrected chi connectivity index (χ4v) is 3.62. The molecule has 4 heteroatoms. The van der Waals surface area contributed by atoms with Gasteiger partial charge in [-0.05, 0) is 43.1 Å². The molecule has 2 atom stereocenters. The van der Waals surface area contributed by atoms with E-state index in [1.165, 1.54) is 0 Å². The molecule has 0 bridgehead atoms. The quantitative estimate of drug-likeness (QED) is 0.848. The molecule has 4 nitrogen and oxygen atoms in total. The Kier molecular flexibility index (Phi) is 4.79. The van der Waals surface area contributed by atoms with Gasteiger partial charge in [-0.3, -0.25) is 4.79 Å². The van der Waals surface area contributed by atoms with Crippen molar-refractivity contribution in [2.75, 3.05) is 19.8 Å². The van der Waals surface area contributed by atoms with Gasteiger partial charge in [0.05, 0.1) is 6.04 Å². The van der Waals surface area contributed by atoms with E-state index in [0.717, 1.165) is 44.5 Å². The topological polar surface area (TPSA) is 58.6 Å². The van der Waals surface area contributed by atoms with Crippen molar-refractivity contribution in [2.24, 2.45) is 11.3 Å². The molecular weight excluding hydrogens is 278 g/mol. The molecule has 0 radical (unpaired) electrons. The maximum absolute atomic E-state index is 12.6. The second kappa shape index (κ2) is 6.80. The largest absolute Gasteiger partial charge is 0.396 e. The fourth-order valence-electron chi connectivity index (χ4n) is 3.62. The lowest BCUT2D eigenvalue weighted by atomic mass is 9.93. The Morgan fingerprint density at radius 3 is 2.73 bits per heavy atom. The van der Waals surface area contributed by atoms with Crippen LogP contribution in [0, 0.1) is 11.3 Å². The molecular formula is C18H25NO3. The molecule has 1 saturated carbocycles. The SMILES string of the molecule is O=C(NC(CCCO)c1ccccc1)C1CC12CCOCC2. The van der Waals surface area contributed by atoms with Crippen molar-refractivity contribution < 1.29 is 14.6 Å². The van der Waals surface area contributed by atoms with Crippen LogP contribution in [-0.2, 0) is 9.53 Å². The van der Waals surface area contributed by atoms with Crippen molar-refractivity contribution >= 4 is 5.91 Å². The third-order valence-corrected chi connectivity index (χ3v) is 5.16. The number of aliphatic hydroxyl groups is 1. The van der Waals surface area contributed by atoms with Gasteiger partial charge >= 0.3 is 0 Å². The number of amides is 1. The Labute approximate surface area is 131 Å². The van der Waals surface area contributed by atoms with Crippen LogP contribution in [0.2, 0.25) is 0 Å².